The van der Waals surface area contributed by atoms with Gasteiger partial charge in [0.15, 0.2) is 11.3 Å². The van der Waals surface area contributed by atoms with Gasteiger partial charge in [-0.1, -0.05) is 6.42 Å². The lowest BCUT2D eigenvalue weighted by Gasteiger charge is -2.42. The van der Waals surface area contributed by atoms with Crippen molar-refractivity contribution in [2.24, 2.45) is 0 Å². The number of aliphatic hydroxyl groups is 1. The summed E-state index contributed by atoms with van der Waals surface area (Å²) in [5.41, 5.74) is 0.663. The molecule has 4 rings (SSSR count). The van der Waals surface area contributed by atoms with Gasteiger partial charge in [-0.3, -0.25) is 4.90 Å². The summed E-state index contributed by atoms with van der Waals surface area (Å²) in [6.07, 6.45) is 4.47. The Labute approximate surface area is 152 Å². The molecule has 1 aromatic heterocycles. The SMILES string of the molecule is Cc1[nH]c2ccc(F)cc2c1CCN1C(=O)OC2(CCCCC2)[C@]1(C)O. The average molecular weight is 360 g/mol. The summed E-state index contributed by atoms with van der Waals surface area (Å²) < 4.78 is 19.3. The lowest BCUT2D eigenvalue weighted by atomic mass is 9.77. The van der Waals surface area contributed by atoms with E-state index in [4.69, 9.17) is 4.74 Å². The van der Waals surface area contributed by atoms with Gasteiger partial charge in [-0.25, -0.2) is 9.18 Å². The highest BCUT2D eigenvalue weighted by atomic mass is 19.1. The summed E-state index contributed by atoms with van der Waals surface area (Å²) in [4.78, 5) is 17.2. The first-order valence-electron chi connectivity index (χ1n) is 9.34. The minimum absolute atomic E-state index is 0.286. The second-order valence-corrected chi connectivity index (χ2v) is 7.76. The molecule has 0 radical (unpaired) electrons. The Morgan fingerprint density at radius 2 is 2.04 bits per heavy atom. The number of benzene rings is 1. The summed E-state index contributed by atoms with van der Waals surface area (Å²) in [7, 11) is 0. The van der Waals surface area contributed by atoms with Crippen LogP contribution in [0.15, 0.2) is 18.2 Å². The number of aromatic nitrogens is 1. The predicted molar refractivity (Wildman–Crippen MR) is 96.3 cm³/mol. The van der Waals surface area contributed by atoms with Gasteiger partial charge in [-0.2, -0.15) is 0 Å². The molecule has 140 valence electrons. The zero-order valence-electron chi connectivity index (χ0n) is 15.3. The molecule has 1 aliphatic carbocycles. The van der Waals surface area contributed by atoms with E-state index in [2.05, 4.69) is 4.98 Å². The van der Waals surface area contributed by atoms with Crippen molar-refractivity contribution >= 4 is 17.0 Å². The van der Waals surface area contributed by atoms with Gasteiger partial charge in [0.1, 0.15) is 5.82 Å². The number of hydrogen-bond acceptors (Lipinski definition) is 3. The van der Waals surface area contributed by atoms with Crippen molar-refractivity contribution in [2.75, 3.05) is 6.54 Å². The van der Waals surface area contributed by atoms with Crippen molar-refractivity contribution in [3.8, 4) is 0 Å². The molecule has 2 N–H and O–H groups in total. The number of nitrogens with zero attached hydrogens (tertiary/aromatic N) is 1. The number of fused-ring (bicyclic) bond motifs is 1. The van der Waals surface area contributed by atoms with Crippen LogP contribution in [0.1, 0.15) is 50.3 Å². The van der Waals surface area contributed by atoms with Crippen molar-refractivity contribution in [3.05, 3.63) is 35.3 Å². The summed E-state index contributed by atoms with van der Waals surface area (Å²) >= 11 is 0. The summed E-state index contributed by atoms with van der Waals surface area (Å²) in [6, 6.07) is 4.66. The Bertz CT molecular complexity index is 852. The molecule has 2 heterocycles. The van der Waals surface area contributed by atoms with Crippen LogP contribution in [0.5, 0.6) is 0 Å². The third-order valence-corrected chi connectivity index (χ3v) is 6.22. The second-order valence-electron chi connectivity index (χ2n) is 7.76. The largest absolute Gasteiger partial charge is 0.438 e. The highest BCUT2D eigenvalue weighted by Gasteiger charge is 2.61. The van der Waals surface area contributed by atoms with Crippen LogP contribution in [0.4, 0.5) is 9.18 Å². The molecule has 0 unspecified atom stereocenters. The first-order valence-corrected chi connectivity index (χ1v) is 9.34. The topological polar surface area (TPSA) is 65.6 Å². The first kappa shape index (κ1) is 17.3. The monoisotopic (exact) mass is 360 g/mol. The lowest BCUT2D eigenvalue weighted by Crippen LogP contribution is -2.57. The molecule has 1 atom stereocenters. The van der Waals surface area contributed by atoms with Crippen molar-refractivity contribution in [1.82, 2.24) is 9.88 Å². The molecule has 1 spiro atoms. The molecular formula is C20H25FN2O3. The van der Waals surface area contributed by atoms with E-state index in [9.17, 15) is 14.3 Å². The standard InChI is InChI=1S/C20H25FN2O3/c1-13-15(16-12-14(21)6-7-17(16)22-13)8-11-23-18(24)26-20(19(23,2)25)9-4-3-5-10-20/h6-7,12,22,25H,3-5,8-11H2,1-2H3/t19-/m0/s1. The third-order valence-electron chi connectivity index (χ3n) is 6.22. The van der Waals surface area contributed by atoms with Gasteiger partial charge in [0.25, 0.3) is 0 Å². The van der Waals surface area contributed by atoms with Crippen LogP contribution in [-0.4, -0.2) is 39.0 Å². The van der Waals surface area contributed by atoms with Crippen LogP contribution in [-0.2, 0) is 11.2 Å². The lowest BCUT2D eigenvalue weighted by molar-refractivity contribution is -0.158. The number of rotatable bonds is 3. The molecule has 2 aromatic rings. The predicted octanol–water partition coefficient (Wildman–Crippen LogP) is 4.02. The zero-order chi connectivity index (χ0) is 18.5. The number of nitrogens with one attached hydrogen (secondary N) is 1. The molecule has 2 aliphatic rings. The Balaban J connectivity index is 1.59. The van der Waals surface area contributed by atoms with Crippen LogP contribution in [0.2, 0.25) is 0 Å². The molecule has 1 amide bonds. The second kappa shape index (κ2) is 5.98. The maximum atomic E-state index is 13.7. The number of aromatic amines is 1. The van der Waals surface area contributed by atoms with E-state index < -0.39 is 17.4 Å². The molecule has 6 heteroatoms. The van der Waals surface area contributed by atoms with E-state index in [-0.39, 0.29) is 5.82 Å². The van der Waals surface area contributed by atoms with E-state index in [1.165, 1.54) is 17.0 Å². The van der Waals surface area contributed by atoms with Crippen LogP contribution in [0, 0.1) is 12.7 Å². The van der Waals surface area contributed by atoms with Gasteiger partial charge < -0.3 is 14.8 Å². The highest BCUT2D eigenvalue weighted by Crippen LogP contribution is 2.47. The van der Waals surface area contributed by atoms with Gasteiger partial charge >= 0.3 is 6.09 Å². The average Bonchev–Trinajstić information content (AvgIpc) is 2.98. The fourth-order valence-electron chi connectivity index (χ4n) is 4.65. The summed E-state index contributed by atoms with van der Waals surface area (Å²) in [5, 5.41) is 12.0. The summed E-state index contributed by atoms with van der Waals surface area (Å²) in [6.45, 7) is 3.96. The maximum absolute atomic E-state index is 13.7. The minimum atomic E-state index is -1.32. The van der Waals surface area contributed by atoms with E-state index in [1.807, 2.05) is 6.92 Å². The molecule has 1 saturated heterocycles. The smallest absolute Gasteiger partial charge is 0.412 e. The fourth-order valence-corrected chi connectivity index (χ4v) is 4.65. The zero-order valence-corrected chi connectivity index (χ0v) is 15.3. The Hall–Kier alpha value is -2.08. The quantitative estimate of drug-likeness (QED) is 0.869. The van der Waals surface area contributed by atoms with Crippen LogP contribution < -0.4 is 0 Å². The highest BCUT2D eigenvalue weighted by molar-refractivity contribution is 5.84. The Morgan fingerprint density at radius 1 is 1.31 bits per heavy atom. The maximum Gasteiger partial charge on any atom is 0.412 e. The minimum Gasteiger partial charge on any atom is -0.438 e. The van der Waals surface area contributed by atoms with Crippen molar-refractivity contribution in [1.29, 1.82) is 0 Å². The number of halogens is 1. The van der Waals surface area contributed by atoms with Gasteiger partial charge in [0.05, 0.1) is 0 Å². The van der Waals surface area contributed by atoms with E-state index in [1.54, 1.807) is 13.0 Å². The summed E-state index contributed by atoms with van der Waals surface area (Å²) in [5.74, 6) is -0.286. The molecular weight excluding hydrogens is 335 g/mol. The van der Waals surface area contributed by atoms with E-state index in [0.29, 0.717) is 25.8 Å². The fraction of sp³-hybridized carbons (Fsp3) is 0.550. The van der Waals surface area contributed by atoms with Crippen molar-refractivity contribution in [3.63, 3.8) is 0 Å². The van der Waals surface area contributed by atoms with Gasteiger partial charge in [0, 0.05) is 23.1 Å². The Morgan fingerprint density at radius 3 is 2.77 bits per heavy atom. The molecule has 1 aliphatic heterocycles. The van der Waals surface area contributed by atoms with Crippen LogP contribution >= 0.6 is 0 Å². The number of carbonyl (C=O) groups excluding carboxylic acids is 1. The number of amides is 1. The third kappa shape index (κ3) is 2.50. The van der Waals surface area contributed by atoms with E-state index in [0.717, 1.165) is 41.4 Å². The normalized spacial score (nSPS) is 25.2. The van der Waals surface area contributed by atoms with Gasteiger partial charge in [0.2, 0.25) is 0 Å². The number of carbonyl (C=O) groups is 1. The number of aryl methyl sites for hydroxylation is 1. The first-order chi connectivity index (χ1) is 12.3. The number of H-pyrrole nitrogens is 1. The molecule has 5 nitrogen and oxygen atoms in total. The molecule has 26 heavy (non-hydrogen) atoms. The number of ether oxygens (including phenoxy) is 1. The van der Waals surface area contributed by atoms with E-state index >= 15 is 0 Å². The molecule has 1 saturated carbocycles. The van der Waals surface area contributed by atoms with Gasteiger partial charge in [-0.15, -0.1) is 0 Å². The number of hydrogen-bond donors (Lipinski definition) is 2. The molecule has 1 aromatic carbocycles. The van der Waals surface area contributed by atoms with Gasteiger partial charge in [-0.05, 0) is 69.7 Å². The van der Waals surface area contributed by atoms with Crippen molar-refractivity contribution in [2.45, 2.75) is 63.7 Å². The van der Waals surface area contributed by atoms with Crippen molar-refractivity contribution < 1.29 is 19.0 Å². The Kier molecular flexibility index (Phi) is 3.99. The molecule has 0 bridgehead atoms. The molecule has 2 fully saturated rings. The van der Waals surface area contributed by atoms with Crippen LogP contribution in [0.25, 0.3) is 10.9 Å². The van der Waals surface area contributed by atoms with Crippen LogP contribution in [0.3, 0.4) is 0 Å².